The molecule has 1 aromatic heterocycles. The molecule has 0 bridgehead atoms. The van der Waals surface area contributed by atoms with Crippen molar-refractivity contribution < 1.29 is 13.9 Å². The quantitative estimate of drug-likeness (QED) is 0.750. The second kappa shape index (κ2) is 7.21. The molecule has 0 saturated carbocycles. The molecule has 0 radical (unpaired) electrons. The summed E-state index contributed by atoms with van der Waals surface area (Å²) in [7, 11) is 0. The lowest BCUT2D eigenvalue weighted by molar-refractivity contribution is -0.140. The number of piperidine rings is 1. The first-order valence-electron chi connectivity index (χ1n) is 10.7. The van der Waals surface area contributed by atoms with Crippen molar-refractivity contribution in [2.24, 2.45) is 5.92 Å². The van der Waals surface area contributed by atoms with E-state index in [1.165, 1.54) is 6.08 Å². The molecule has 156 valence electrons. The minimum Gasteiger partial charge on any atom is -0.356 e. The van der Waals surface area contributed by atoms with E-state index in [0.29, 0.717) is 37.2 Å². The highest BCUT2D eigenvalue weighted by molar-refractivity contribution is 5.88. The molecular formula is C23H25FN4O2. The van der Waals surface area contributed by atoms with Crippen molar-refractivity contribution in [2.45, 2.75) is 56.9 Å². The molecule has 3 aliphatic heterocycles. The van der Waals surface area contributed by atoms with E-state index in [4.69, 9.17) is 10.00 Å². The highest BCUT2D eigenvalue weighted by Gasteiger charge is 2.58. The van der Waals surface area contributed by atoms with E-state index in [9.17, 15) is 9.18 Å². The monoisotopic (exact) mass is 408 g/mol. The fourth-order valence-electron chi connectivity index (χ4n) is 5.37. The van der Waals surface area contributed by atoms with Crippen molar-refractivity contribution in [2.75, 3.05) is 18.0 Å². The molecular weight excluding hydrogens is 383 g/mol. The molecule has 5 rings (SSSR count). The van der Waals surface area contributed by atoms with Gasteiger partial charge in [-0.3, -0.25) is 4.79 Å². The number of pyridine rings is 1. The van der Waals surface area contributed by atoms with Crippen molar-refractivity contribution in [1.29, 1.82) is 5.26 Å². The molecule has 1 aliphatic carbocycles. The summed E-state index contributed by atoms with van der Waals surface area (Å²) in [5.41, 5.74) is 0.527. The third-order valence-corrected chi connectivity index (χ3v) is 7.00. The van der Waals surface area contributed by atoms with E-state index in [1.54, 1.807) is 12.1 Å². The highest BCUT2D eigenvalue weighted by Crippen LogP contribution is 2.45. The standard InChI is InChI=1S/C23H25FN4O2/c1-15-17(14-25)5-7-20(26-15)27-11-9-23(10-12-27)22(29)28-19(6-8-21(28)30-23)16-3-2-4-18(24)13-16/h2,4-5,7,13,16,19,21H,3,6,8-12H2,1H3/t16?,19-,21+/m0/s1. The van der Waals surface area contributed by atoms with E-state index < -0.39 is 5.60 Å². The largest absolute Gasteiger partial charge is 0.356 e. The summed E-state index contributed by atoms with van der Waals surface area (Å²) in [5, 5.41) is 9.11. The van der Waals surface area contributed by atoms with Crippen molar-refractivity contribution in [3.8, 4) is 6.07 Å². The number of amides is 1. The highest BCUT2D eigenvalue weighted by atomic mass is 19.1. The maximum Gasteiger partial charge on any atom is 0.257 e. The number of hydrogen-bond acceptors (Lipinski definition) is 5. The SMILES string of the molecule is Cc1nc(N2CCC3(CC2)O[C@@H]2CC[C@@H](C4C=C(F)C=CC4)N2C3=O)ccc1C#N. The molecule has 6 nitrogen and oxygen atoms in total. The van der Waals surface area contributed by atoms with Gasteiger partial charge in [-0.05, 0) is 50.5 Å². The second-order valence-electron chi connectivity index (χ2n) is 8.68. The maximum absolute atomic E-state index is 13.8. The summed E-state index contributed by atoms with van der Waals surface area (Å²) in [4.78, 5) is 22.1. The first-order valence-corrected chi connectivity index (χ1v) is 10.7. The number of aryl methyl sites for hydroxylation is 1. The van der Waals surface area contributed by atoms with Gasteiger partial charge in [-0.15, -0.1) is 0 Å². The number of carbonyl (C=O) groups is 1. The lowest BCUT2D eigenvalue weighted by atomic mass is 9.87. The van der Waals surface area contributed by atoms with Gasteiger partial charge in [0.25, 0.3) is 5.91 Å². The average Bonchev–Trinajstić information content (AvgIpc) is 3.27. The summed E-state index contributed by atoms with van der Waals surface area (Å²) in [5.74, 6) is 0.714. The second-order valence-corrected chi connectivity index (χ2v) is 8.68. The summed E-state index contributed by atoms with van der Waals surface area (Å²) in [6.45, 7) is 3.19. The molecule has 7 heteroatoms. The van der Waals surface area contributed by atoms with Gasteiger partial charge in [0.2, 0.25) is 0 Å². The van der Waals surface area contributed by atoms with Gasteiger partial charge < -0.3 is 14.5 Å². The average molecular weight is 408 g/mol. The molecule has 1 aromatic rings. The zero-order valence-corrected chi connectivity index (χ0v) is 17.1. The van der Waals surface area contributed by atoms with Gasteiger partial charge in [-0.25, -0.2) is 9.37 Å². The Morgan fingerprint density at radius 2 is 2.10 bits per heavy atom. The Kier molecular flexibility index (Phi) is 4.62. The number of carbonyl (C=O) groups excluding carboxylic acids is 1. The van der Waals surface area contributed by atoms with E-state index in [0.717, 1.165) is 25.1 Å². The van der Waals surface area contributed by atoms with Crippen LogP contribution in [-0.4, -0.2) is 46.8 Å². The van der Waals surface area contributed by atoms with Crippen LogP contribution in [0.1, 0.15) is 43.4 Å². The minimum atomic E-state index is -0.770. The van der Waals surface area contributed by atoms with Crippen LogP contribution in [0.5, 0.6) is 0 Å². The van der Waals surface area contributed by atoms with Gasteiger partial charge in [0.05, 0.1) is 11.3 Å². The topological polar surface area (TPSA) is 69.5 Å². The molecule has 4 heterocycles. The molecule has 3 fully saturated rings. The predicted molar refractivity (Wildman–Crippen MR) is 109 cm³/mol. The maximum atomic E-state index is 13.8. The summed E-state index contributed by atoms with van der Waals surface area (Å²) in [6.07, 6.45) is 8.49. The number of rotatable bonds is 2. The van der Waals surface area contributed by atoms with Crippen LogP contribution in [0.3, 0.4) is 0 Å². The Hall–Kier alpha value is -2.72. The Morgan fingerprint density at radius 1 is 1.30 bits per heavy atom. The van der Waals surface area contributed by atoms with Gasteiger partial charge in [-0.1, -0.05) is 6.08 Å². The molecule has 30 heavy (non-hydrogen) atoms. The van der Waals surface area contributed by atoms with Gasteiger partial charge in [0, 0.05) is 37.9 Å². The van der Waals surface area contributed by atoms with Gasteiger partial charge >= 0.3 is 0 Å². The van der Waals surface area contributed by atoms with Crippen molar-refractivity contribution in [1.82, 2.24) is 9.88 Å². The van der Waals surface area contributed by atoms with Crippen LogP contribution in [0.25, 0.3) is 0 Å². The molecule has 3 atom stereocenters. The molecule has 0 N–H and O–H groups in total. The van der Waals surface area contributed by atoms with Crippen LogP contribution in [-0.2, 0) is 9.53 Å². The molecule has 1 amide bonds. The Bertz CT molecular complexity index is 974. The minimum absolute atomic E-state index is 0.0125. The van der Waals surface area contributed by atoms with Crippen molar-refractivity contribution in [3.63, 3.8) is 0 Å². The van der Waals surface area contributed by atoms with Crippen LogP contribution in [0.4, 0.5) is 10.2 Å². The molecule has 1 spiro atoms. The zero-order valence-electron chi connectivity index (χ0n) is 17.1. The van der Waals surface area contributed by atoms with E-state index in [2.05, 4.69) is 16.0 Å². The molecule has 3 saturated heterocycles. The summed E-state index contributed by atoms with van der Waals surface area (Å²) in [6, 6.07) is 5.82. The van der Waals surface area contributed by atoms with Crippen molar-refractivity contribution >= 4 is 11.7 Å². The molecule has 0 aromatic carbocycles. The van der Waals surface area contributed by atoms with Gasteiger partial charge in [0.15, 0.2) is 5.60 Å². The Morgan fingerprint density at radius 3 is 2.80 bits per heavy atom. The lowest BCUT2D eigenvalue weighted by Crippen LogP contribution is -2.52. The number of allylic oxidation sites excluding steroid dienone is 3. The molecule has 4 aliphatic rings. The van der Waals surface area contributed by atoms with Crippen LogP contribution in [0, 0.1) is 24.2 Å². The first-order chi connectivity index (χ1) is 14.5. The number of halogens is 1. The van der Waals surface area contributed by atoms with E-state index in [-0.39, 0.29) is 29.9 Å². The normalized spacial score (nSPS) is 29.8. The van der Waals surface area contributed by atoms with E-state index in [1.807, 2.05) is 24.0 Å². The first kappa shape index (κ1) is 19.3. The Labute approximate surface area is 175 Å². The number of nitriles is 1. The predicted octanol–water partition coefficient (Wildman–Crippen LogP) is 3.38. The number of hydrogen-bond donors (Lipinski definition) is 0. The number of aromatic nitrogens is 1. The number of ether oxygens (including phenoxy) is 1. The lowest BCUT2D eigenvalue weighted by Gasteiger charge is -2.38. The number of nitrogens with zero attached hydrogens (tertiary/aromatic N) is 4. The zero-order chi connectivity index (χ0) is 20.9. The van der Waals surface area contributed by atoms with Crippen LogP contribution >= 0.6 is 0 Å². The number of fused-ring (bicyclic) bond motifs is 1. The summed E-state index contributed by atoms with van der Waals surface area (Å²) >= 11 is 0. The number of anilines is 1. The fourth-order valence-corrected chi connectivity index (χ4v) is 5.37. The third-order valence-electron chi connectivity index (χ3n) is 7.00. The van der Waals surface area contributed by atoms with Crippen LogP contribution in [0.2, 0.25) is 0 Å². The van der Waals surface area contributed by atoms with Crippen molar-refractivity contribution in [3.05, 3.63) is 47.4 Å². The molecule has 1 unspecified atom stereocenters. The van der Waals surface area contributed by atoms with Crippen LogP contribution in [0.15, 0.2) is 36.2 Å². The van der Waals surface area contributed by atoms with Gasteiger partial charge in [0.1, 0.15) is 23.9 Å². The van der Waals surface area contributed by atoms with Crippen LogP contribution < -0.4 is 4.90 Å². The Balaban J connectivity index is 1.30. The summed E-state index contributed by atoms with van der Waals surface area (Å²) < 4.78 is 20.1. The van der Waals surface area contributed by atoms with E-state index >= 15 is 0 Å². The smallest absolute Gasteiger partial charge is 0.257 e. The fraction of sp³-hybridized carbons (Fsp3) is 0.522. The van der Waals surface area contributed by atoms with Gasteiger partial charge in [-0.2, -0.15) is 5.26 Å². The third kappa shape index (κ3) is 3.02.